The highest BCUT2D eigenvalue weighted by Gasteiger charge is 2.47. The second kappa shape index (κ2) is 2.82. The maximum absolute atomic E-state index is 12.1. The van der Waals surface area contributed by atoms with Gasteiger partial charge in [-0.05, 0) is 31.1 Å². The molecule has 2 saturated carbocycles. The Labute approximate surface area is 84.9 Å². The Hall–Kier alpha value is -0.850. The molecule has 0 amide bonds. The van der Waals surface area contributed by atoms with Crippen LogP contribution in [-0.2, 0) is 4.79 Å². The molecule has 4 bridgehead atoms. The Morgan fingerprint density at radius 1 is 1.21 bits per heavy atom. The minimum atomic E-state index is 0.192. The predicted octanol–water partition coefficient (Wildman–Crippen LogP) is 2.73. The lowest BCUT2D eigenvalue weighted by atomic mass is 9.57. The van der Waals surface area contributed by atoms with Crippen molar-refractivity contribution in [3.05, 3.63) is 24.3 Å². The summed E-state index contributed by atoms with van der Waals surface area (Å²) in [7, 11) is 0. The smallest absolute Gasteiger partial charge is 0.144 e. The molecule has 0 N–H and O–H groups in total. The molecule has 0 saturated heterocycles. The maximum atomic E-state index is 12.1. The summed E-state index contributed by atoms with van der Waals surface area (Å²) < 4.78 is 0. The monoisotopic (exact) mass is 188 g/mol. The van der Waals surface area contributed by atoms with E-state index in [0.717, 1.165) is 6.42 Å². The number of hydrogen-bond donors (Lipinski definition) is 0. The topological polar surface area (TPSA) is 17.1 Å². The Morgan fingerprint density at radius 3 is 2.86 bits per heavy atom. The Morgan fingerprint density at radius 2 is 2.00 bits per heavy atom. The highest BCUT2D eigenvalue weighted by atomic mass is 16.1. The number of ketones is 1. The van der Waals surface area contributed by atoms with Gasteiger partial charge in [-0.3, -0.25) is 4.79 Å². The first-order valence-corrected chi connectivity index (χ1v) is 5.68. The lowest BCUT2D eigenvalue weighted by molar-refractivity contribution is -0.131. The molecule has 3 rings (SSSR count). The van der Waals surface area contributed by atoms with Crippen molar-refractivity contribution in [1.29, 1.82) is 0 Å². The van der Waals surface area contributed by atoms with E-state index in [9.17, 15) is 4.79 Å². The number of Topliss-reactive ketones (excluding diaryl/α,β-unsaturated/α-hetero) is 1. The van der Waals surface area contributed by atoms with Crippen LogP contribution < -0.4 is 0 Å². The Balaban J connectivity index is 2.07. The van der Waals surface area contributed by atoms with Gasteiger partial charge in [0.1, 0.15) is 5.78 Å². The van der Waals surface area contributed by atoms with Crippen molar-refractivity contribution in [3.8, 4) is 0 Å². The third-order valence-corrected chi connectivity index (χ3v) is 4.33. The minimum Gasteiger partial charge on any atom is -0.299 e. The van der Waals surface area contributed by atoms with Gasteiger partial charge in [0.25, 0.3) is 0 Å². The summed E-state index contributed by atoms with van der Waals surface area (Å²) in [6.45, 7) is 4.23. The van der Waals surface area contributed by atoms with Crippen molar-refractivity contribution < 1.29 is 4.79 Å². The third kappa shape index (κ3) is 0.930. The second-order valence-corrected chi connectivity index (χ2v) is 4.92. The summed E-state index contributed by atoms with van der Waals surface area (Å²) in [6, 6.07) is 0. The molecule has 0 heterocycles. The Kier molecular flexibility index (Phi) is 1.70. The van der Waals surface area contributed by atoms with Crippen LogP contribution in [0.2, 0.25) is 0 Å². The van der Waals surface area contributed by atoms with E-state index in [2.05, 4.69) is 18.7 Å². The van der Waals surface area contributed by atoms with E-state index >= 15 is 0 Å². The average molecular weight is 188 g/mol. The quantitative estimate of drug-likeness (QED) is 0.534. The summed E-state index contributed by atoms with van der Waals surface area (Å²) in [5.41, 5.74) is 1.38. The molecule has 4 unspecified atom stereocenters. The van der Waals surface area contributed by atoms with Gasteiger partial charge in [-0.15, -0.1) is 0 Å². The fourth-order valence-corrected chi connectivity index (χ4v) is 3.60. The number of allylic oxidation sites excluding steroid dienone is 3. The first-order valence-electron chi connectivity index (χ1n) is 5.68. The fraction of sp³-hybridized carbons (Fsp3) is 0.615. The Bertz CT molecular complexity index is 326. The molecule has 0 aromatic carbocycles. The molecule has 0 radical (unpaired) electrons. The standard InChI is InChI=1S/C13H16O/c1-8-9-4-2-5-10(8)12-7-3-6-11(9)13(12)14/h3,6,9-12H,1-2,4-5,7H2. The second-order valence-electron chi connectivity index (χ2n) is 4.92. The van der Waals surface area contributed by atoms with E-state index in [-0.39, 0.29) is 11.8 Å². The van der Waals surface area contributed by atoms with E-state index in [1.54, 1.807) is 0 Å². The molecule has 0 aromatic rings. The van der Waals surface area contributed by atoms with Gasteiger partial charge in [-0.2, -0.15) is 0 Å². The van der Waals surface area contributed by atoms with Crippen LogP contribution >= 0.6 is 0 Å². The zero-order valence-electron chi connectivity index (χ0n) is 8.41. The van der Waals surface area contributed by atoms with Crippen LogP contribution in [0.3, 0.4) is 0 Å². The number of fused-ring (bicyclic) bond motifs is 6. The summed E-state index contributed by atoms with van der Waals surface area (Å²) in [4.78, 5) is 12.1. The van der Waals surface area contributed by atoms with Crippen molar-refractivity contribution in [2.75, 3.05) is 0 Å². The van der Waals surface area contributed by atoms with Crippen LogP contribution in [0.15, 0.2) is 24.3 Å². The van der Waals surface area contributed by atoms with E-state index in [1.165, 1.54) is 24.8 Å². The number of hydrogen-bond acceptors (Lipinski definition) is 1. The summed E-state index contributed by atoms with van der Waals surface area (Å²) in [5.74, 6) is 1.98. The van der Waals surface area contributed by atoms with Gasteiger partial charge in [0.05, 0.1) is 0 Å². The maximum Gasteiger partial charge on any atom is 0.144 e. The largest absolute Gasteiger partial charge is 0.299 e. The SMILES string of the molecule is C=C1C2CCCC1C1CC=CC2C1=O. The first-order chi connectivity index (χ1) is 6.79. The van der Waals surface area contributed by atoms with Gasteiger partial charge < -0.3 is 0 Å². The van der Waals surface area contributed by atoms with Crippen LogP contribution in [0, 0.1) is 23.7 Å². The van der Waals surface area contributed by atoms with Crippen LogP contribution in [-0.4, -0.2) is 5.78 Å². The summed E-state index contributed by atoms with van der Waals surface area (Å²) >= 11 is 0. The van der Waals surface area contributed by atoms with Gasteiger partial charge in [0.2, 0.25) is 0 Å². The van der Waals surface area contributed by atoms with Crippen LogP contribution in [0.25, 0.3) is 0 Å². The minimum absolute atomic E-state index is 0.192. The average Bonchev–Trinajstić information content (AvgIpc) is 2.19. The lowest BCUT2D eigenvalue weighted by Crippen LogP contribution is -2.45. The number of rotatable bonds is 0. The molecular formula is C13H16O. The van der Waals surface area contributed by atoms with Crippen LogP contribution in [0.5, 0.6) is 0 Å². The molecule has 2 fully saturated rings. The normalized spacial score (nSPS) is 45.4. The molecule has 1 heteroatoms. The third-order valence-electron chi connectivity index (χ3n) is 4.33. The fourth-order valence-electron chi connectivity index (χ4n) is 3.60. The van der Waals surface area contributed by atoms with E-state index in [4.69, 9.17) is 0 Å². The van der Waals surface area contributed by atoms with Gasteiger partial charge >= 0.3 is 0 Å². The van der Waals surface area contributed by atoms with Crippen molar-refractivity contribution in [3.63, 3.8) is 0 Å². The first kappa shape index (κ1) is 8.46. The van der Waals surface area contributed by atoms with Crippen molar-refractivity contribution in [1.82, 2.24) is 0 Å². The molecule has 0 spiro atoms. The highest BCUT2D eigenvalue weighted by Crippen LogP contribution is 2.50. The molecule has 4 atom stereocenters. The summed E-state index contributed by atoms with van der Waals surface area (Å²) in [5, 5.41) is 0. The van der Waals surface area contributed by atoms with E-state index in [1.807, 2.05) is 0 Å². The number of carbonyl (C=O) groups is 1. The number of carbonyl (C=O) groups excluding carboxylic acids is 1. The molecule has 1 nitrogen and oxygen atoms in total. The van der Waals surface area contributed by atoms with Gasteiger partial charge in [-0.25, -0.2) is 0 Å². The molecule has 0 aliphatic heterocycles. The van der Waals surface area contributed by atoms with Gasteiger partial charge in [-0.1, -0.05) is 30.7 Å². The van der Waals surface area contributed by atoms with Gasteiger partial charge in [0, 0.05) is 11.8 Å². The molecule has 3 aliphatic carbocycles. The zero-order chi connectivity index (χ0) is 9.71. The van der Waals surface area contributed by atoms with Crippen molar-refractivity contribution in [2.45, 2.75) is 25.7 Å². The molecule has 14 heavy (non-hydrogen) atoms. The van der Waals surface area contributed by atoms with Crippen LogP contribution in [0.4, 0.5) is 0 Å². The molecule has 74 valence electrons. The van der Waals surface area contributed by atoms with Crippen molar-refractivity contribution in [2.24, 2.45) is 23.7 Å². The zero-order valence-corrected chi connectivity index (χ0v) is 8.41. The van der Waals surface area contributed by atoms with Gasteiger partial charge in [0.15, 0.2) is 0 Å². The van der Waals surface area contributed by atoms with Crippen LogP contribution in [0.1, 0.15) is 25.7 Å². The predicted molar refractivity (Wildman–Crippen MR) is 55.7 cm³/mol. The highest BCUT2D eigenvalue weighted by molar-refractivity contribution is 5.89. The van der Waals surface area contributed by atoms with E-state index < -0.39 is 0 Å². The van der Waals surface area contributed by atoms with Crippen molar-refractivity contribution >= 4 is 5.78 Å². The lowest BCUT2D eigenvalue weighted by Gasteiger charge is -2.46. The molecule has 0 aromatic heterocycles. The molecular weight excluding hydrogens is 172 g/mol. The van der Waals surface area contributed by atoms with E-state index in [0.29, 0.717) is 17.6 Å². The molecule has 3 aliphatic rings. The summed E-state index contributed by atoms with van der Waals surface area (Å²) in [6.07, 6.45) is 8.99.